The van der Waals surface area contributed by atoms with E-state index < -0.39 is 0 Å². The molecule has 3 aromatic carbocycles. The van der Waals surface area contributed by atoms with Gasteiger partial charge in [0.15, 0.2) is 5.69 Å². The van der Waals surface area contributed by atoms with Crippen LogP contribution in [0.5, 0.6) is 5.75 Å². The number of aromatic nitrogens is 3. The lowest BCUT2D eigenvalue weighted by Gasteiger charge is -2.28. The minimum atomic E-state index is -0.221. The van der Waals surface area contributed by atoms with Crippen LogP contribution in [-0.4, -0.2) is 69.9 Å². The molecule has 42 heavy (non-hydrogen) atoms. The summed E-state index contributed by atoms with van der Waals surface area (Å²) in [5.41, 5.74) is 4.48. The van der Waals surface area contributed by atoms with Crippen molar-refractivity contribution in [3.8, 4) is 11.4 Å². The average molecular weight is 587 g/mol. The molecule has 2 heterocycles. The van der Waals surface area contributed by atoms with E-state index in [1.165, 1.54) is 5.56 Å². The molecule has 0 saturated carbocycles. The number of anilines is 1. The zero-order valence-corrected chi connectivity index (χ0v) is 24.9. The molecule has 2 amide bonds. The van der Waals surface area contributed by atoms with Crippen LogP contribution in [0.2, 0.25) is 5.02 Å². The van der Waals surface area contributed by atoms with E-state index in [9.17, 15) is 9.59 Å². The van der Waals surface area contributed by atoms with E-state index in [2.05, 4.69) is 27.3 Å². The van der Waals surface area contributed by atoms with Gasteiger partial charge < -0.3 is 14.5 Å². The Balaban J connectivity index is 1.49. The summed E-state index contributed by atoms with van der Waals surface area (Å²) in [7, 11) is 1.62. The van der Waals surface area contributed by atoms with Crippen LogP contribution in [0.4, 0.5) is 5.69 Å². The number of hydrogen-bond acceptors (Lipinski definition) is 6. The lowest BCUT2D eigenvalue weighted by Crippen LogP contribution is -2.39. The van der Waals surface area contributed by atoms with E-state index in [1.807, 2.05) is 61.5 Å². The summed E-state index contributed by atoms with van der Waals surface area (Å²) in [6, 6.07) is 23.2. The van der Waals surface area contributed by atoms with Crippen LogP contribution in [0.25, 0.3) is 5.69 Å². The van der Waals surface area contributed by atoms with Gasteiger partial charge in [-0.1, -0.05) is 53.2 Å². The Kier molecular flexibility index (Phi) is 9.19. The zero-order chi connectivity index (χ0) is 29.6. The van der Waals surface area contributed by atoms with E-state index in [-0.39, 0.29) is 17.5 Å². The van der Waals surface area contributed by atoms with Gasteiger partial charge in [-0.25, -0.2) is 4.68 Å². The maximum atomic E-state index is 14.1. The molecule has 0 saturated heterocycles. The number of halogens is 1. The summed E-state index contributed by atoms with van der Waals surface area (Å²) in [6.45, 7) is 6.91. The van der Waals surface area contributed by atoms with Gasteiger partial charge >= 0.3 is 0 Å². The van der Waals surface area contributed by atoms with Crippen molar-refractivity contribution in [3.05, 3.63) is 100 Å². The van der Waals surface area contributed by atoms with Crippen LogP contribution in [0, 0.1) is 6.92 Å². The largest absolute Gasteiger partial charge is 0.497 e. The summed E-state index contributed by atoms with van der Waals surface area (Å²) in [6.07, 6.45) is 0.779. The second-order valence-corrected chi connectivity index (χ2v) is 10.9. The second-order valence-electron chi connectivity index (χ2n) is 10.4. The molecule has 1 aliphatic rings. The molecule has 0 N–H and O–H groups in total. The fourth-order valence-electron chi connectivity index (χ4n) is 5.30. The van der Waals surface area contributed by atoms with Gasteiger partial charge in [0.1, 0.15) is 5.75 Å². The Labute approximate surface area is 251 Å². The summed E-state index contributed by atoms with van der Waals surface area (Å²) >= 11 is 6.40. The number of nitrogens with zero attached hydrogens (tertiary/aromatic N) is 6. The van der Waals surface area contributed by atoms with E-state index in [1.54, 1.807) is 34.6 Å². The molecule has 0 aliphatic carbocycles. The Morgan fingerprint density at radius 3 is 2.43 bits per heavy atom. The number of fused-ring (bicyclic) bond motifs is 1. The highest BCUT2D eigenvalue weighted by Crippen LogP contribution is 2.28. The molecule has 0 unspecified atom stereocenters. The Hall–Kier alpha value is -4.21. The quantitative estimate of drug-likeness (QED) is 0.322. The fourth-order valence-corrected chi connectivity index (χ4v) is 5.47. The SMILES string of the molecule is COc1ccc(-n2nnc(C(=O)N3CCN(Cc4ccccc4)CCCN(C(C)=O)c4cc(Cl)ccc4C3)c2C)cc1. The molecule has 218 valence electrons. The molecule has 0 spiro atoms. The van der Waals surface area contributed by atoms with Crippen LogP contribution in [0.15, 0.2) is 72.8 Å². The number of methoxy groups -OCH3 is 1. The van der Waals surface area contributed by atoms with Gasteiger partial charge in [-0.3, -0.25) is 14.5 Å². The maximum Gasteiger partial charge on any atom is 0.276 e. The van der Waals surface area contributed by atoms with Gasteiger partial charge in [0.25, 0.3) is 5.91 Å². The van der Waals surface area contributed by atoms with Crippen molar-refractivity contribution in [1.29, 1.82) is 0 Å². The van der Waals surface area contributed by atoms with E-state index in [4.69, 9.17) is 16.3 Å². The average Bonchev–Trinajstić information content (AvgIpc) is 3.37. The first kappa shape index (κ1) is 29.3. The second kappa shape index (κ2) is 13.2. The molecule has 0 bridgehead atoms. The molecular weight excluding hydrogens is 552 g/mol. The van der Waals surface area contributed by atoms with Crippen molar-refractivity contribution >= 4 is 29.1 Å². The van der Waals surface area contributed by atoms with Crippen LogP contribution in [-0.2, 0) is 17.9 Å². The van der Waals surface area contributed by atoms with E-state index in [0.29, 0.717) is 36.9 Å². The van der Waals surface area contributed by atoms with Gasteiger partial charge in [-0.15, -0.1) is 5.10 Å². The number of rotatable bonds is 5. The molecule has 1 aliphatic heterocycles. The van der Waals surface area contributed by atoms with E-state index >= 15 is 0 Å². The first-order valence-electron chi connectivity index (χ1n) is 14.0. The van der Waals surface area contributed by atoms with Crippen molar-refractivity contribution < 1.29 is 14.3 Å². The summed E-state index contributed by atoms with van der Waals surface area (Å²) < 4.78 is 6.93. The fraction of sp³-hybridized carbons (Fsp3) is 0.312. The van der Waals surface area contributed by atoms with Crippen molar-refractivity contribution in [3.63, 3.8) is 0 Å². The number of amides is 2. The third-order valence-corrected chi connectivity index (χ3v) is 7.81. The van der Waals surface area contributed by atoms with Gasteiger partial charge in [0, 0.05) is 51.2 Å². The van der Waals surface area contributed by atoms with Crippen LogP contribution in [0.3, 0.4) is 0 Å². The van der Waals surface area contributed by atoms with E-state index in [0.717, 1.165) is 42.2 Å². The molecule has 5 rings (SSSR count). The Morgan fingerprint density at radius 1 is 0.952 bits per heavy atom. The van der Waals surface area contributed by atoms with Crippen LogP contribution < -0.4 is 9.64 Å². The lowest BCUT2D eigenvalue weighted by molar-refractivity contribution is -0.116. The zero-order valence-electron chi connectivity index (χ0n) is 24.2. The highest BCUT2D eigenvalue weighted by molar-refractivity contribution is 6.31. The molecule has 1 aromatic heterocycles. The first-order chi connectivity index (χ1) is 20.3. The van der Waals surface area contributed by atoms with Crippen molar-refractivity contribution in [1.82, 2.24) is 24.8 Å². The first-order valence-corrected chi connectivity index (χ1v) is 14.4. The number of benzene rings is 3. The predicted octanol–water partition coefficient (Wildman–Crippen LogP) is 5.14. The molecule has 4 aromatic rings. The standard InChI is InChI=1S/C32H35ClN6O3/c1-23-31(34-35-39(23)28-12-14-29(42-3)15-13-28)32(41)37-19-18-36(21-25-8-5-4-6-9-25)16-7-17-38(24(2)40)30-20-27(33)11-10-26(30)22-37/h4-6,8-15,20H,7,16-19,21-22H2,1-3H3. The number of carbonyl (C=O) groups is 2. The molecule has 9 nitrogen and oxygen atoms in total. The smallest absolute Gasteiger partial charge is 0.276 e. The van der Waals surface area contributed by atoms with Crippen LogP contribution >= 0.6 is 11.6 Å². The number of ether oxygens (including phenoxy) is 1. The summed E-state index contributed by atoms with van der Waals surface area (Å²) in [5.74, 6) is 0.444. The summed E-state index contributed by atoms with van der Waals surface area (Å²) in [5, 5.41) is 9.16. The maximum absolute atomic E-state index is 14.1. The third kappa shape index (κ3) is 6.64. The minimum Gasteiger partial charge on any atom is -0.497 e. The highest BCUT2D eigenvalue weighted by Gasteiger charge is 2.27. The Morgan fingerprint density at radius 2 is 1.71 bits per heavy atom. The Bertz CT molecular complexity index is 1540. The van der Waals surface area contributed by atoms with Crippen LogP contribution in [0.1, 0.15) is 40.7 Å². The molecule has 0 fully saturated rings. The summed E-state index contributed by atoms with van der Waals surface area (Å²) in [4.78, 5) is 32.8. The molecule has 0 atom stereocenters. The number of hydrogen-bond donors (Lipinski definition) is 0. The predicted molar refractivity (Wildman–Crippen MR) is 163 cm³/mol. The van der Waals surface area contributed by atoms with Gasteiger partial charge in [-0.05, 0) is 60.9 Å². The normalized spacial score (nSPS) is 14.7. The van der Waals surface area contributed by atoms with Gasteiger partial charge in [0.05, 0.1) is 24.2 Å². The van der Waals surface area contributed by atoms with Crippen molar-refractivity contribution in [2.75, 3.05) is 38.2 Å². The topological polar surface area (TPSA) is 83.8 Å². The number of carbonyl (C=O) groups excluding carboxylic acids is 2. The molecule has 0 radical (unpaired) electrons. The van der Waals surface area contributed by atoms with Gasteiger partial charge in [0.2, 0.25) is 5.91 Å². The van der Waals surface area contributed by atoms with Gasteiger partial charge in [-0.2, -0.15) is 0 Å². The minimum absolute atomic E-state index is 0.0662. The third-order valence-electron chi connectivity index (χ3n) is 7.57. The lowest BCUT2D eigenvalue weighted by atomic mass is 10.1. The molecule has 10 heteroatoms. The molecular formula is C32H35ClN6O3. The monoisotopic (exact) mass is 586 g/mol. The highest BCUT2D eigenvalue weighted by atomic mass is 35.5. The van der Waals surface area contributed by atoms with Crippen molar-refractivity contribution in [2.45, 2.75) is 33.4 Å². The van der Waals surface area contributed by atoms with Crippen molar-refractivity contribution in [2.24, 2.45) is 0 Å².